The number of amides is 1. The van der Waals surface area contributed by atoms with Gasteiger partial charge in [-0.2, -0.15) is 0 Å². The van der Waals surface area contributed by atoms with Crippen LogP contribution in [0.4, 0.5) is 5.69 Å². The quantitative estimate of drug-likeness (QED) is 0.570. The third kappa shape index (κ3) is 3.44. The zero-order chi connectivity index (χ0) is 18.8. The highest BCUT2D eigenvalue weighted by molar-refractivity contribution is 5.95. The minimum absolute atomic E-state index is 0.0276. The van der Waals surface area contributed by atoms with Crippen molar-refractivity contribution in [2.45, 2.75) is 25.3 Å². The van der Waals surface area contributed by atoms with Crippen molar-refractivity contribution in [1.82, 2.24) is 14.9 Å². The van der Waals surface area contributed by atoms with E-state index in [0.717, 1.165) is 19.3 Å². The molecule has 0 bridgehead atoms. The van der Waals surface area contributed by atoms with Crippen molar-refractivity contribution in [2.24, 2.45) is 0 Å². The van der Waals surface area contributed by atoms with E-state index in [4.69, 9.17) is 0 Å². The van der Waals surface area contributed by atoms with Crippen LogP contribution < -0.4 is 5.32 Å². The summed E-state index contributed by atoms with van der Waals surface area (Å²) in [5.74, 6) is -0.292. The van der Waals surface area contributed by atoms with Gasteiger partial charge in [0.2, 0.25) is 0 Å². The second-order valence-electron chi connectivity index (χ2n) is 6.61. The largest absolute Gasteiger partial charge is 0.349 e. The maximum atomic E-state index is 12.6. The van der Waals surface area contributed by atoms with Crippen LogP contribution in [0, 0.1) is 10.1 Å². The van der Waals surface area contributed by atoms with E-state index in [1.54, 1.807) is 29.1 Å². The van der Waals surface area contributed by atoms with Gasteiger partial charge in [0.1, 0.15) is 5.69 Å². The van der Waals surface area contributed by atoms with Crippen molar-refractivity contribution < 1.29 is 9.72 Å². The van der Waals surface area contributed by atoms with E-state index in [0.29, 0.717) is 5.69 Å². The number of aryl methyl sites for hydroxylation is 1. The molecule has 0 saturated heterocycles. The van der Waals surface area contributed by atoms with Crippen LogP contribution in [0.3, 0.4) is 0 Å². The van der Waals surface area contributed by atoms with Gasteiger partial charge in [-0.3, -0.25) is 14.9 Å². The molecule has 1 amide bonds. The van der Waals surface area contributed by atoms with Crippen LogP contribution in [-0.2, 0) is 12.8 Å². The number of carbonyl (C=O) groups is 1. The number of aromatic nitrogens is 2. The SMILES string of the molecule is O=C(NC1CCc2ccccc2C1)c1ccc(-n2ccnc2)c([N+](=O)[O-])c1. The van der Waals surface area contributed by atoms with E-state index < -0.39 is 4.92 Å². The Labute approximate surface area is 155 Å². The highest BCUT2D eigenvalue weighted by Crippen LogP contribution is 2.25. The molecule has 1 N–H and O–H groups in total. The predicted octanol–water partition coefficient (Wildman–Crippen LogP) is 3.07. The molecule has 0 saturated carbocycles. The van der Waals surface area contributed by atoms with Gasteiger partial charge in [-0.05, 0) is 42.5 Å². The van der Waals surface area contributed by atoms with Crippen molar-refractivity contribution >= 4 is 11.6 Å². The minimum Gasteiger partial charge on any atom is -0.349 e. The summed E-state index contributed by atoms with van der Waals surface area (Å²) in [6, 6.07) is 12.8. The Morgan fingerprint density at radius 1 is 1.22 bits per heavy atom. The Kier molecular flexibility index (Phi) is 4.42. The van der Waals surface area contributed by atoms with E-state index in [9.17, 15) is 14.9 Å². The smallest absolute Gasteiger partial charge is 0.294 e. The molecule has 7 nitrogen and oxygen atoms in total. The molecule has 1 aliphatic rings. The normalized spacial score (nSPS) is 15.8. The van der Waals surface area contributed by atoms with Gasteiger partial charge < -0.3 is 9.88 Å². The Morgan fingerprint density at radius 2 is 2.04 bits per heavy atom. The van der Waals surface area contributed by atoms with Gasteiger partial charge in [0, 0.05) is 30.1 Å². The second kappa shape index (κ2) is 7.03. The van der Waals surface area contributed by atoms with Gasteiger partial charge in [0.25, 0.3) is 11.6 Å². The molecule has 3 aromatic rings. The number of nitro groups is 1. The zero-order valence-electron chi connectivity index (χ0n) is 14.5. The lowest BCUT2D eigenvalue weighted by Crippen LogP contribution is -2.38. The van der Waals surface area contributed by atoms with Gasteiger partial charge >= 0.3 is 0 Å². The highest BCUT2D eigenvalue weighted by Gasteiger charge is 2.23. The Balaban J connectivity index is 1.54. The molecule has 27 heavy (non-hydrogen) atoms. The minimum atomic E-state index is -0.483. The number of carbonyl (C=O) groups excluding carboxylic acids is 1. The van der Waals surface area contributed by atoms with Crippen molar-refractivity contribution in [3.8, 4) is 5.69 Å². The molecule has 0 aliphatic heterocycles. The fraction of sp³-hybridized carbons (Fsp3) is 0.200. The molecule has 0 spiro atoms. The van der Waals surface area contributed by atoms with Crippen LogP contribution in [0.1, 0.15) is 27.9 Å². The number of hydrogen-bond acceptors (Lipinski definition) is 4. The molecule has 0 radical (unpaired) electrons. The van der Waals surface area contributed by atoms with Gasteiger partial charge in [0.15, 0.2) is 0 Å². The van der Waals surface area contributed by atoms with Crippen LogP contribution in [0.25, 0.3) is 5.69 Å². The van der Waals surface area contributed by atoms with E-state index in [-0.39, 0.29) is 23.2 Å². The Bertz CT molecular complexity index is 998. The summed E-state index contributed by atoms with van der Waals surface area (Å²) < 4.78 is 1.55. The number of nitrogens with zero attached hydrogens (tertiary/aromatic N) is 3. The first-order valence-electron chi connectivity index (χ1n) is 8.76. The third-order valence-corrected chi connectivity index (χ3v) is 4.90. The maximum absolute atomic E-state index is 12.6. The molecular weight excluding hydrogens is 344 g/mol. The number of hydrogen-bond donors (Lipinski definition) is 1. The number of rotatable bonds is 4. The summed E-state index contributed by atoms with van der Waals surface area (Å²) in [7, 11) is 0. The van der Waals surface area contributed by atoms with E-state index >= 15 is 0 Å². The van der Waals surface area contributed by atoms with Crippen LogP contribution >= 0.6 is 0 Å². The predicted molar refractivity (Wildman–Crippen MR) is 99.9 cm³/mol. The van der Waals surface area contributed by atoms with Crippen molar-refractivity contribution in [2.75, 3.05) is 0 Å². The number of nitrogens with one attached hydrogen (secondary N) is 1. The lowest BCUT2D eigenvalue weighted by atomic mass is 9.88. The molecule has 0 fully saturated rings. The first-order chi connectivity index (χ1) is 13.1. The standard InChI is InChI=1S/C20H18N4O3/c25-20(22-17-7-5-14-3-1-2-4-15(14)11-17)16-6-8-18(19(12-16)24(26)27)23-10-9-21-13-23/h1-4,6,8-10,12-13,17H,5,7,11H2,(H,22,25). The van der Waals surface area contributed by atoms with Crippen molar-refractivity contribution in [3.63, 3.8) is 0 Å². The van der Waals surface area contributed by atoms with Crippen LogP contribution in [0.2, 0.25) is 0 Å². The van der Waals surface area contributed by atoms with Gasteiger partial charge in [-0.15, -0.1) is 0 Å². The molecule has 4 rings (SSSR count). The summed E-state index contributed by atoms with van der Waals surface area (Å²) in [5.41, 5.74) is 3.10. The maximum Gasteiger partial charge on any atom is 0.294 e. The molecule has 1 aliphatic carbocycles. The number of nitro benzene ring substituents is 1. The van der Waals surface area contributed by atoms with Crippen LogP contribution in [-0.4, -0.2) is 26.4 Å². The number of benzene rings is 2. The first kappa shape index (κ1) is 17.0. The first-order valence-corrected chi connectivity index (χ1v) is 8.76. The third-order valence-electron chi connectivity index (χ3n) is 4.90. The summed E-state index contributed by atoms with van der Waals surface area (Å²) in [4.78, 5) is 27.5. The summed E-state index contributed by atoms with van der Waals surface area (Å²) in [6.45, 7) is 0. The number of fused-ring (bicyclic) bond motifs is 1. The van der Waals surface area contributed by atoms with Crippen molar-refractivity contribution in [3.05, 3.63) is 88.0 Å². The highest BCUT2D eigenvalue weighted by atomic mass is 16.6. The Morgan fingerprint density at radius 3 is 2.78 bits per heavy atom. The van der Waals surface area contributed by atoms with Crippen LogP contribution in [0.15, 0.2) is 61.2 Å². The average Bonchev–Trinajstić information content (AvgIpc) is 3.22. The lowest BCUT2D eigenvalue weighted by Gasteiger charge is -2.25. The van der Waals surface area contributed by atoms with Crippen LogP contribution in [0.5, 0.6) is 0 Å². The summed E-state index contributed by atoms with van der Waals surface area (Å²) in [5, 5.41) is 14.5. The number of imidazole rings is 1. The van der Waals surface area contributed by atoms with Gasteiger partial charge in [-0.1, -0.05) is 24.3 Å². The fourth-order valence-electron chi connectivity index (χ4n) is 3.52. The van der Waals surface area contributed by atoms with Gasteiger partial charge in [0.05, 0.1) is 11.3 Å². The fourth-order valence-corrected chi connectivity index (χ4v) is 3.52. The molecule has 2 aromatic carbocycles. The average molecular weight is 362 g/mol. The monoisotopic (exact) mass is 362 g/mol. The van der Waals surface area contributed by atoms with E-state index in [1.165, 1.54) is 23.5 Å². The summed E-state index contributed by atoms with van der Waals surface area (Å²) in [6.07, 6.45) is 7.21. The second-order valence-corrected chi connectivity index (χ2v) is 6.61. The Hall–Kier alpha value is -3.48. The molecule has 1 unspecified atom stereocenters. The molecule has 1 atom stereocenters. The molecule has 1 heterocycles. The molecular formula is C20H18N4O3. The van der Waals surface area contributed by atoms with E-state index in [1.807, 2.05) is 12.1 Å². The molecule has 136 valence electrons. The summed E-state index contributed by atoms with van der Waals surface area (Å²) >= 11 is 0. The zero-order valence-corrected chi connectivity index (χ0v) is 14.5. The topological polar surface area (TPSA) is 90.1 Å². The molecule has 1 aromatic heterocycles. The lowest BCUT2D eigenvalue weighted by molar-refractivity contribution is -0.384. The van der Waals surface area contributed by atoms with E-state index in [2.05, 4.69) is 22.4 Å². The molecule has 7 heteroatoms. The van der Waals surface area contributed by atoms with Crippen molar-refractivity contribution in [1.29, 1.82) is 0 Å². The van der Waals surface area contributed by atoms with Gasteiger partial charge in [-0.25, -0.2) is 4.98 Å².